The van der Waals surface area contributed by atoms with Crippen LogP contribution in [0.3, 0.4) is 0 Å². The monoisotopic (exact) mass is 285 g/mol. The number of hydrogen-bond acceptors (Lipinski definition) is 5. The summed E-state index contributed by atoms with van der Waals surface area (Å²) in [6.07, 6.45) is 3.02. The molecule has 6 heteroatoms. The summed E-state index contributed by atoms with van der Waals surface area (Å²) in [6.45, 7) is 4.15. The van der Waals surface area contributed by atoms with Crippen molar-refractivity contribution in [3.8, 4) is 11.4 Å². The van der Waals surface area contributed by atoms with Crippen LogP contribution in [0.15, 0.2) is 41.4 Å². The lowest BCUT2D eigenvalue weighted by molar-refractivity contribution is -0.111. The number of amides is 1. The summed E-state index contributed by atoms with van der Waals surface area (Å²) in [4.78, 5) is 15.7. The van der Waals surface area contributed by atoms with E-state index in [1.54, 1.807) is 12.1 Å². The molecule has 1 unspecified atom stereocenters. The first-order chi connectivity index (χ1) is 10.3. The number of nitrogens with zero attached hydrogens (tertiary/aromatic N) is 2. The smallest absolute Gasteiger partial charge is 0.256 e. The topological polar surface area (TPSA) is 77.2 Å². The van der Waals surface area contributed by atoms with Crippen molar-refractivity contribution in [2.24, 2.45) is 0 Å². The molecule has 0 aliphatic carbocycles. The molecule has 0 spiro atoms. The van der Waals surface area contributed by atoms with Crippen LogP contribution in [0.1, 0.15) is 24.8 Å². The van der Waals surface area contributed by atoms with Gasteiger partial charge < -0.3 is 14.6 Å². The third-order valence-electron chi connectivity index (χ3n) is 3.22. The Morgan fingerprint density at radius 3 is 3.14 bits per heavy atom. The van der Waals surface area contributed by atoms with E-state index in [-0.39, 0.29) is 12.0 Å². The van der Waals surface area contributed by atoms with Gasteiger partial charge in [0.05, 0.1) is 0 Å². The van der Waals surface area contributed by atoms with Crippen molar-refractivity contribution in [2.45, 2.75) is 18.9 Å². The second-order valence-electron chi connectivity index (χ2n) is 4.73. The van der Waals surface area contributed by atoms with E-state index in [2.05, 4.69) is 22.0 Å². The maximum Gasteiger partial charge on any atom is 0.256 e. The first-order valence-electron chi connectivity index (χ1n) is 6.75. The van der Waals surface area contributed by atoms with Crippen molar-refractivity contribution >= 4 is 11.6 Å². The lowest BCUT2D eigenvalue weighted by atomic mass is 10.2. The summed E-state index contributed by atoms with van der Waals surface area (Å²) >= 11 is 0. The molecule has 1 aromatic heterocycles. The van der Waals surface area contributed by atoms with Crippen molar-refractivity contribution < 1.29 is 14.1 Å². The molecule has 0 saturated carbocycles. The largest absolute Gasteiger partial charge is 0.368 e. The summed E-state index contributed by atoms with van der Waals surface area (Å²) in [5.41, 5.74) is 1.42. The number of carbonyl (C=O) groups excluding carboxylic acids is 1. The van der Waals surface area contributed by atoms with Crippen molar-refractivity contribution in [2.75, 3.05) is 11.9 Å². The maximum absolute atomic E-state index is 11.3. The van der Waals surface area contributed by atoms with Gasteiger partial charge >= 0.3 is 0 Å². The standard InChI is InChI=1S/C15H15N3O3/c1-2-13(19)16-11-6-3-5-10(9-11)14-17-15(21-18-14)12-7-4-8-20-12/h2-3,5-6,9,12H,1,4,7-8H2,(H,16,19). The van der Waals surface area contributed by atoms with Crippen LogP contribution >= 0.6 is 0 Å². The van der Waals surface area contributed by atoms with Gasteiger partial charge in [0, 0.05) is 17.9 Å². The van der Waals surface area contributed by atoms with Gasteiger partial charge in [-0.25, -0.2) is 0 Å². The minimum Gasteiger partial charge on any atom is -0.368 e. The Hall–Kier alpha value is -2.47. The molecule has 1 amide bonds. The minimum atomic E-state index is -0.264. The highest BCUT2D eigenvalue weighted by Gasteiger charge is 2.24. The molecule has 1 saturated heterocycles. The van der Waals surface area contributed by atoms with Crippen molar-refractivity contribution in [1.29, 1.82) is 0 Å². The Bertz CT molecular complexity index is 660. The molecule has 1 N–H and O–H groups in total. The van der Waals surface area contributed by atoms with Gasteiger partial charge in [0.2, 0.25) is 11.7 Å². The van der Waals surface area contributed by atoms with Gasteiger partial charge in [-0.15, -0.1) is 0 Å². The summed E-state index contributed by atoms with van der Waals surface area (Å²) in [7, 11) is 0. The number of rotatable bonds is 4. The molecule has 2 aromatic rings. The van der Waals surface area contributed by atoms with Crippen LogP contribution in [-0.4, -0.2) is 22.7 Å². The lowest BCUT2D eigenvalue weighted by Crippen LogP contribution is -2.07. The van der Waals surface area contributed by atoms with Gasteiger partial charge in [-0.2, -0.15) is 4.98 Å². The molecule has 1 fully saturated rings. The van der Waals surface area contributed by atoms with E-state index >= 15 is 0 Å². The highest BCUT2D eigenvalue weighted by molar-refractivity contribution is 5.99. The van der Waals surface area contributed by atoms with Crippen LogP contribution in [0.5, 0.6) is 0 Å². The quantitative estimate of drug-likeness (QED) is 0.874. The second kappa shape index (κ2) is 5.88. The molecule has 1 aromatic carbocycles. The zero-order chi connectivity index (χ0) is 14.7. The Morgan fingerprint density at radius 1 is 1.48 bits per heavy atom. The van der Waals surface area contributed by atoms with Gasteiger partial charge in [-0.3, -0.25) is 4.79 Å². The van der Waals surface area contributed by atoms with Crippen LogP contribution in [0.4, 0.5) is 5.69 Å². The fourth-order valence-electron chi connectivity index (χ4n) is 2.18. The maximum atomic E-state index is 11.3. The van der Waals surface area contributed by atoms with E-state index in [4.69, 9.17) is 9.26 Å². The van der Waals surface area contributed by atoms with Crippen LogP contribution in [0.25, 0.3) is 11.4 Å². The normalized spacial score (nSPS) is 17.6. The number of benzene rings is 1. The summed E-state index contributed by atoms with van der Waals surface area (Å²) in [5, 5.41) is 6.67. The molecular formula is C15H15N3O3. The Labute approximate surface area is 121 Å². The van der Waals surface area contributed by atoms with Crippen LogP contribution in [-0.2, 0) is 9.53 Å². The van der Waals surface area contributed by atoms with E-state index in [1.165, 1.54) is 6.08 Å². The number of aromatic nitrogens is 2. The van der Waals surface area contributed by atoms with E-state index in [1.807, 2.05) is 12.1 Å². The summed E-state index contributed by atoms with van der Waals surface area (Å²) in [5.74, 6) is 0.721. The molecular weight excluding hydrogens is 270 g/mol. The summed E-state index contributed by atoms with van der Waals surface area (Å²) < 4.78 is 10.8. The van der Waals surface area contributed by atoms with E-state index in [9.17, 15) is 4.79 Å². The molecule has 1 aliphatic rings. The highest BCUT2D eigenvalue weighted by Crippen LogP contribution is 2.29. The number of hydrogen-bond donors (Lipinski definition) is 1. The highest BCUT2D eigenvalue weighted by atomic mass is 16.5. The molecule has 0 bridgehead atoms. The molecule has 1 atom stereocenters. The zero-order valence-corrected chi connectivity index (χ0v) is 11.4. The molecule has 2 heterocycles. The molecule has 108 valence electrons. The van der Waals surface area contributed by atoms with E-state index in [0.29, 0.717) is 17.4 Å². The Morgan fingerprint density at radius 2 is 2.38 bits per heavy atom. The molecule has 0 radical (unpaired) electrons. The van der Waals surface area contributed by atoms with Crippen LogP contribution in [0.2, 0.25) is 0 Å². The van der Waals surface area contributed by atoms with Gasteiger partial charge in [0.15, 0.2) is 0 Å². The van der Waals surface area contributed by atoms with Crippen molar-refractivity contribution in [3.05, 3.63) is 42.8 Å². The summed E-state index contributed by atoms with van der Waals surface area (Å²) in [6, 6.07) is 7.24. The van der Waals surface area contributed by atoms with Gasteiger partial charge in [0.1, 0.15) is 6.10 Å². The minimum absolute atomic E-state index is 0.102. The second-order valence-corrected chi connectivity index (χ2v) is 4.73. The SMILES string of the molecule is C=CC(=O)Nc1cccc(-c2noc(C3CCCO3)n2)c1. The van der Waals surface area contributed by atoms with Crippen molar-refractivity contribution in [1.82, 2.24) is 10.1 Å². The molecule has 6 nitrogen and oxygen atoms in total. The zero-order valence-electron chi connectivity index (χ0n) is 11.4. The molecule has 21 heavy (non-hydrogen) atoms. The van der Waals surface area contributed by atoms with Gasteiger partial charge in [-0.1, -0.05) is 23.9 Å². The number of anilines is 1. The number of nitrogens with one attached hydrogen (secondary N) is 1. The third-order valence-corrected chi connectivity index (χ3v) is 3.22. The molecule has 3 rings (SSSR count). The van der Waals surface area contributed by atoms with Crippen LogP contribution < -0.4 is 5.32 Å². The fraction of sp³-hybridized carbons (Fsp3) is 0.267. The lowest BCUT2D eigenvalue weighted by Gasteiger charge is -2.03. The van der Waals surface area contributed by atoms with E-state index in [0.717, 1.165) is 25.0 Å². The Balaban J connectivity index is 1.81. The first kappa shape index (κ1) is 13.5. The predicted molar refractivity (Wildman–Crippen MR) is 76.5 cm³/mol. The van der Waals surface area contributed by atoms with Gasteiger partial charge in [-0.05, 0) is 31.1 Å². The molecule has 1 aliphatic heterocycles. The first-order valence-corrected chi connectivity index (χ1v) is 6.75. The van der Waals surface area contributed by atoms with Gasteiger partial charge in [0.25, 0.3) is 5.89 Å². The number of carbonyl (C=O) groups is 1. The fourth-order valence-corrected chi connectivity index (χ4v) is 2.18. The average molecular weight is 285 g/mol. The van der Waals surface area contributed by atoms with Crippen molar-refractivity contribution in [3.63, 3.8) is 0 Å². The average Bonchev–Trinajstić information content (AvgIpc) is 3.18. The van der Waals surface area contributed by atoms with Crippen LogP contribution in [0, 0.1) is 0 Å². The predicted octanol–water partition coefficient (Wildman–Crippen LogP) is 2.71. The third kappa shape index (κ3) is 3.00. The van der Waals surface area contributed by atoms with E-state index < -0.39 is 0 Å². The Kier molecular flexibility index (Phi) is 3.79. The number of ether oxygens (including phenoxy) is 1.